The Kier molecular flexibility index (Phi) is 9.22. The SMILES string of the molecule is c1ccc(C2NC(c3cc(-c4cccc5sc6ccccc6c45)c4c(c3)oc3ccccc34)=NC(c3cccc([Si](c4ccccc4)(c4ccccc4)c4ccccc4)c3)N2)cc1. The van der Waals surface area contributed by atoms with E-state index in [1.54, 1.807) is 0 Å². The highest BCUT2D eigenvalue weighted by Gasteiger charge is 2.42. The van der Waals surface area contributed by atoms with E-state index in [0.29, 0.717) is 0 Å². The zero-order chi connectivity index (χ0) is 41.7. The lowest BCUT2D eigenvalue weighted by Crippen LogP contribution is -2.74. The van der Waals surface area contributed by atoms with Gasteiger partial charge in [-0.1, -0.05) is 194 Å². The van der Waals surface area contributed by atoms with Crippen molar-refractivity contribution in [2.24, 2.45) is 4.99 Å². The van der Waals surface area contributed by atoms with Gasteiger partial charge in [-0.05, 0) is 73.3 Å². The van der Waals surface area contributed by atoms with Crippen LogP contribution in [0.15, 0.2) is 234 Å². The molecule has 2 N–H and O–H groups in total. The number of fused-ring (bicyclic) bond motifs is 6. The summed E-state index contributed by atoms with van der Waals surface area (Å²) in [6.07, 6.45) is -0.578. The minimum absolute atomic E-state index is 0.217. The maximum atomic E-state index is 6.74. The van der Waals surface area contributed by atoms with E-state index in [4.69, 9.17) is 9.41 Å². The van der Waals surface area contributed by atoms with Gasteiger partial charge in [-0.3, -0.25) is 5.32 Å². The molecule has 2 aromatic heterocycles. The molecule has 1 aliphatic rings. The number of thiophene rings is 1. The molecule has 0 bridgehead atoms. The first-order chi connectivity index (χ1) is 31.2. The summed E-state index contributed by atoms with van der Waals surface area (Å²) >= 11 is 1.84. The van der Waals surface area contributed by atoms with E-state index in [1.807, 2.05) is 17.4 Å². The second kappa shape index (κ2) is 15.5. The lowest BCUT2D eigenvalue weighted by Gasteiger charge is -2.36. The summed E-state index contributed by atoms with van der Waals surface area (Å²) in [5.41, 5.74) is 7.22. The largest absolute Gasteiger partial charge is 0.456 e. The van der Waals surface area contributed by atoms with E-state index in [0.717, 1.165) is 50.0 Å². The predicted molar refractivity (Wildman–Crippen MR) is 267 cm³/mol. The third-order valence-electron chi connectivity index (χ3n) is 12.7. The fraction of sp³-hybridized carbons (Fsp3) is 0.0351. The van der Waals surface area contributed by atoms with E-state index in [9.17, 15) is 0 Å². The highest BCUT2D eigenvalue weighted by atomic mass is 32.1. The number of rotatable bonds is 8. The molecule has 0 amide bonds. The van der Waals surface area contributed by atoms with Crippen molar-refractivity contribution in [3.8, 4) is 11.1 Å². The topological polar surface area (TPSA) is 49.6 Å². The second-order valence-electron chi connectivity index (χ2n) is 16.3. The second-order valence-corrected chi connectivity index (χ2v) is 21.2. The smallest absolute Gasteiger partial charge is 0.179 e. The molecule has 63 heavy (non-hydrogen) atoms. The molecule has 2 unspecified atom stereocenters. The van der Waals surface area contributed by atoms with Gasteiger partial charge in [0, 0.05) is 36.5 Å². The summed E-state index contributed by atoms with van der Waals surface area (Å²) in [7, 11) is -2.79. The Morgan fingerprint density at radius 1 is 0.444 bits per heavy atom. The standard InChI is InChI=1S/C57H41N3OSSi/c1-5-19-38(20-6-1)55-58-56(39-21-17-28-44(35-39)63(41-22-7-2-8-23-41,42-24-9-3-10-25-42)43-26-11-4-12-27-43)60-57(59-55)40-36-48(53-46-29-13-15-32-49(46)61-50(53)37-40)45-31-18-34-52-54(45)47-30-14-16-33-51(47)62-52/h1-37,55-56,58H,(H,59,60). The Balaban J connectivity index is 1.07. The van der Waals surface area contributed by atoms with Gasteiger partial charge in [0.1, 0.15) is 29.3 Å². The first-order valence-corrected chi connectivity index (χ1v) is 24.3. The Bertz CT molecular complexity index is 3380. The molecule has 0 saturated heterocycles. The van der Waals surface area contributed by atoms with Crippen LogP contribution in [0.2, 0.25) is 0 Å². The van der Waals surface area contributed by atoms with Gasteiger partial charge in [0.25, 0.3) is 0 Å². The van der Waals surface area contributed by atoms with E-state index in [2.05, 4.69) is 229 Å². The van der Waals surface area contributed by atoms with Crippen molar-refractivity contribution >= 4 is 88.1 Å². The van der Waals surface area contributed by atoms with E-state index >= 15 is 0 Å². The maximum absolute atomic E-state index is 6.74. The predicted octanol–water partition coefficient (Wildman–Crippen LogP) is 11.3. The van der Waals surface area contributed by atoms with Crippen LogP contribution in [-0.2, 0) is 0 Å². The normalized spacial score (nSPS) is 15.5. The molecule has 6 heteroatoms. The number of aliphatic imine (C=N–C) groups is 1. The van der Waals surface area contributed by atoms with Crippen LogP contribution in [0.5, 0.6) is 0 Å². The maximum Gasteiger partial charge on any atom is 0.179 e. The number of nitrogens with zero attached hydrogens (tertiary/aromatic N) is 1. The fourth-order valence-corrected chi connectivity index (χ4v) is 15.8. The van der Waals surface area contributed by atoms with Crippen molar-refractivity contribution in [2.45, 2.75) is 12.3 Å². The Labute approximate surface area is 370 Å². The molecule has 0 aliphatic carbocycles. The average Bonchev–Trinajstić information content (AvgIpc) is 3.94. The fourth-order valence-electron chi connectivity index (χ4n) is 9.90. The van der Waals surface area contributed by atoms with Crippen LogP contribution in [0, 0.1) is 0 Å². The van der Waals surface area contributed by atoms with Crippen molar-refractivity contribution in [3.05, 3.63) is 241 Å². The monoisotopic (exact) mass is 843 g/mol. The molecule has 4 nitrogen and oxygen atoms in total. The first-order valence-electron chi connectivity index (χ1n) is 21.5. The molecule has 0 radical (unpaired) electrons. The lowest BCUT2D eigenvalue weighted by atomic mass is 9.93. The van der Waals surface area contributed by atoms with Crippen molar-refractivity contribution < 1.29 is 4.42 Å². The van der Waals surface area contributed by atoms with E-state index in [-0.39, 0.29) is 12.3 Å². The average molecular weight is 844 g/mol. The summed E-state index contributed by atoms with van der Waals surface area (Å²) in [6, 6.07) is 81.5. The highest BCUT2D eigenvalue weighted by molar-refractivity contribution is 7.26. The molecule has 12 rings (SSSR count). The summed E-state index contributed by atoms with van der Waals surface area (Å²) in [4.78, 5) is 5.61. The van der Waals surface area contributed by atoms with Crippen LogP contribution < -0.4 is 31.4 Å². The number of hydrogen-bond acceptors (Lipinski definition) is 5. The molecular weight excluding hydrogens is 803 g/mol. The van der Waals surface area contributed by atoms with Crippen LogP contribution in [0.25, 0.3) is 53.2 Å². The zero-order valence-electron chi connectivity index (χ0n) is 34.3. The van der Waals surface area contributed by atoms with E-state index < -0.39 is 8.07 Å². The number of para-hydroxylation sites is 1. The molecule has 11 aromatic rings. The molecule has 3 heterocycles. The van der Waals surface area contributed by atoms with Crippen LogP contribution in [0.3, 0.4) is 0 Å². The molecule has 9 aromatic carbocycles. The molecule has 300 valence electrons. The highest BCUT2D eigenvalue weighted by Crippen LogP contribution is 2.44. The Hall–Kier alpha value is -7.35. The minimum Gasteiger partial charge on any atom is -0.456 e. The number of benzene rings is 9. The minimum atomic E-state index is -2.79. The zero-order valence-corrected chi connectivity index (χ0v) is 36.1. The van der Waals surface area contributed by atoms with Gasteiger partial charge in [-0.25, -0.2) is 4.99 Å². The van der Waals surface area contributed by atoms with Crippen molar-refractivity contribution in [1.29, 1.82) is 0 Å². The van der Waals surface area contributed by atoms with Crippen molar-refractivity contribution in [3.63, 3.8) is 0 Å². The molecule has 0 spiro atoms. The van der Waals surface area contributed by atoms with Gasteiger partial charge < -0.3 is 9.73 Å². The van der Waals surface area contributed by atoms with Gasteiger partial charge >= 0.3 is 0 Å². The van der Waals surface area contributed by atoms with Gasteiger partial charge in [0.05, 0.1) is 0 Å². The lowest BCUT2D eigenvalue weighted by molar-refractivity contribution is 0.409. The van der Waals surface area contributed by atoms with Crippen LogP contribution >= 0.6 is 11.3 Å². The van der Waals surface area contributed by atoms with Crippen molar-refractivity contribution in [1.82, 2.24) is 10.6 Å². The summed E-state index contributed by atoms with van der Waals surface area (Å²) < 4.78 is 9.29. The van der Waals surface area contributed by atoms with Crippen molar-refractivity contribution in [2.75, 3.05) is 0 Å². The van der Waals surface area contributed by atoms with Gasteiger partial charge in [0.2, 0.25) is 0 Å². The third-order valence-corrected chi connectivity index (χ3v) is 18.6. The first kappa shape index (κ1) is 37.4. The molecule has 0 saturated carbocycles. The van der Waals surface area contributed by atoms with Gasteiger partial charge in [0.15, 0.2) is 8.07 Å². The number of furan rings is 1. The number of nitrogens with one attached hydrogen (secondary N) is 2. The summed E-state index contributed by atoms with van der Waals surface area (Å²) in [5, 5.41) is 17.8. The Morgan fingerprint density at radius 2 is 1.02 bits per heavy atom. The van der Waals surface area contributed by atoms with Gasteiger partial charge in [-0.15, -0.1) is 11.3 Å². The quantitative estimate of drug-likeness (QED) is 0.118. The Morgan fingerprint density at radius 3 is 1.73 bits per heavy atom. The molecule has 1 aliphatic heterocycles. The third kappa shape index (κ3) is 6.33. The van der Waals surface area contributed by atoms with Crippen LogP contribution in [0.1, 0.15) is 29.0 Å². The summed E-state index contributed by atoms with van der Waals surface area (Å²) in [5.74, 6) is 0.807. The molecule has 2 atom stereocenters. The number of hydrogen-bond donors (Lipinski definition) is 2. The van der Waals surface area contributed by atoms with Gasteiger partial charge in [-0.2, -0.15) is 0 Å². The summed E-state index contributed by atoms with van der Waals surface area (Å²) in [6.45, 7) is 0. The van der Waals surface area contributed by atoms with Crippen LogP contribution in [-0.4, -0.2) is 13.9 Å². The molecule has 0 fully saturated rings. The van der Waals surface area contributed by atoms with E-state index in [1.165, 1.54) is 46.5 Å². The molecular formula is C57H41N3OSSi. The number of amidine groups is 1. The van der Waals surface area contributed by atoms with Crippen LogP contribution in [0.4, 0.5) is 0 Å².